The van der Waals surface area contributed by atoms with Gasteiger partial charge in [-0.3, -0.25) is 4.98 Å². The van der Waals surface area contributed by atoms with Crippen LogP contribution in [0.4, 0.5) is 37.7 Å². The summed E-state index contributed by atoms with van der Waals surface area (Å²) in [6, 6.07) is 6.59. The van der Waals surface area contributed by atoms with E-state index in [1.54, 1.807) is 6.07 Å². The Labute approximate surface area is 187 Å². The van der Waals surface area contributed by atoms with Crippen molar-refractivity contribution in [3.8, 4) is 11.8 Å². The summed E-state index contributed by atoms with van der Waals surface area (Å²) in [5.41, 5.74) is -0.482. The maximum atomic E-state index is 13.4. The van der Waals surface area contributed by atoms with Crippen molar-refractivity contribution in [2.24, 2.45) is 0 Å². The highest BCUT2D eigenvalue weighted by Crippen LogP contribution is 2.36. The summed E-state index contributed by atoms with van der Waals surface area (Å²) in [6.45, 7) is 1.91. The third-order valence-corrected chi connectivity index (χ3v) is 5.40. The average Bonchev–Trinajstić information content (AvgIpc) is 2.77. The molecule has 178 valence electrons. The van der Waals surface area contributed by atoms with Crippen molar-refractivity contribution in [3.63, 3.8) is 0 Å². The summed E-state index contributed by atoms with van der Waals surface area (Å²) in [7, 11) is 0. The molecule has 0 aliphatic carbocycles. The van der Waals surface area contributed by atoms with Gasteiger partial charge in [0.15, 0.2) is 6.61 Å². The number of benzene rings is 1. The first-order chi connectivity index (χ1) is 15.5. The summed E-state index contributed by atoms with van der Waals surface area (Å²) in [5.74, 6) is -0.0128. The van der Waals surface area contributed by atoms with Gasteiger partial charge in [-0.25, -0.2) is 0 Å². The van der Waals surface area contributed by atoms with Crippen LogP contribution in [-0.4, -0.2) is 43.4 Å². The van der Waals surface area contributed by atoms with E-state index in [0.29, 0.717) is 31.0 Å². The Morgan fingerprint density at radius 2 is 1.94 bits per heavy atom. The first kappa shape index (κ1) is 24.5. The van der Waals surface area contributed by atoms with Crippen molar-refractivity contribution in [3.05, 3.63) is 47.8 Å². The van der Waals surface area contributed by atoms with E-state index >= 15 is 0 Å². The Hall–Kier alpha value is -3.16. The van der Waals surface area contributed by atoms with E-state index in [1.165, 1.54) is 30.6 Å². The molecule has 1 aromatic heterocycles. The topological polar surface area (TPSA) is 52.4 Å². The van der Waals surface area contributed by atoms with Crippen LogP contribution in [-0.2, 0) is 6.18 Å². The minimum atomic E-state index is -4.65. The molecule has 33 heavy (non-hydrogen) atoms. The van der Waals surface area contributed by atoms with Crippen LogP contribution in [0.15, 0.2) is 36.7 Å². The summed E-state index contributed by atoms with van der Waals surface area (Å²) in [6.07, 6.45) is -4.95. The normalized spacial score (nSPS) is 16.9. The molecular formula is C22H22F6N4O. The number of aromatic nitrogens is 1. The van der Waals surface area contributed by atoms with Gasteiger partial charge in [0, 0.05) is 37.4 Å². The molecule has 1 saturated heterocycles. The maximum Gasteiger partial charge on any atom is 0.422 e. The third kappa shape index (κ3) is 6.21. The maximum absolute atomic E-state index is 13.4. The van der Waals surface area contributed by atoms with Crippen molar-refractivity contribution in [2.45, 2.75) is 38.2 Å². The molecule has 0 amide bonds. The molecule has 0 radical (unpaired) electrons. The molecule has 0 saturated carbocycles. The van der Waals surface area contributed by atoms with Gasteiger partial charge in [0.25, 0.3) is 0 Å². The van der Waals surface area contributed by atoms with Gasteiger partial charge in [0.2, 0.25) is 0 Å². The molecule has 2 aromatic rings. The number of hydrogen-bond acceptors (Lipinski definition) is 5. The predicted molar refractivity (Wildman–Crippen MR) is 110 cm³/mol. The molecule has 3 rings (SSSR count). The van der Waals surface area contributed by atoms with Crippen LogP contribution in [0.25, 0.3) is 0 Å². The fraction of sp³-hybridized carbons (Fsp3) is 0.455. The molecule has 0 N–H and O–H groups in total. The number of hydrogen-bond donors (Lipinski definition) is 0. The molecule has 1 aliphatic heterocycles. The lowest BCUT2D eigenvalue weighted by molar-refractivity contribution is -0.153. The molecule has 1 aliphatic rings. The minimum Gasteiger partial charge on any atom is -0.482 e. The summed E-state index contributed by atoms with van der Waals surface area (Å²) in [4.78, 5) is 7.74. The quantitative estimate of drug-likeness (QED) is 0.527. The first-order valence-electron chi connectivity index (χ1n) is 10.3. The fourth-order valence-electron chi connectivity index (χ4n) is 3.96. The summed E-state index contributed by atoms with van der Waals surface area (Å²) < 4.78 is 82.3. The van der Waals surface area contributed by atoms with Crippen LogP contribution in [0.5, 0.6) is 5.75 Å². The number of ether oxygens (including phenoxy) is 1. The first-order valence-corrected chi connectivity index (χ1v) is 10.3. The number of alkyl halides is 6. The Bertz CT molecular complexity index is 1000. The highest BCUT2D eigenvalue weighted by atomic mass is 19.4. The second kappa shape index (κ2) is 9.77. The van der Waals surface area contributed by atoms with Crippen molar-refractivity contribution in [1.82, 2.24) is 4.98 Å². The van der Waals surface area contributed by atoms with E-state index in [0.717, 1.165) is 18.9 Å². The van der Waals surface area contributed by atoms with Crippen LogP contribution in [0.1, 0.15) is 30.9 Å². The lowest BCUT2D eigenvalue weighted by Gasteiger charge is -2.41. The zero-order chi connectivity index (χ0) is 24.2. The van der Waals surface area contributed by atoms with Crippen LogP contribution < -0.4 is 14.5 Å². The number of likely N-dealkylation sites (N-methyl/N-ethyl adjacent to an activating group) is 1. The molecule has 0 unspecified atom stereocenters. The molecule has 1 fully saturated rings. The number of pyridine rings is 1. The number of anilines is 2. The van der Waals surface area contributed by atoms with E-state index in [-0.39, 0.29) is 11.8 Å². The van der Waals surface area contributed by atoms with Crippen molar-refractivity contribution < 1.29 is 31.1 Å². The van der Waals surface area contributed by atoms with Gasteiger partial charge in [-0.05, 0) is 38.0 Å². The molecule has 1 atom stereocenters. The van der Waals surface area contributed by atoms with E-state index in [9.17, 15) is 26.3 Å². The number of halogens is 6. The Morgan fingerprint density at radius 1 is 1.18 bits per heavy atom. The predicted octanol–water partition coefficient (Wildman–Crippen LogP) is 5.41. The molecule has 2 heterocycles. The van der Waals surface area contributed by atoms with Crippen LogP contribution in [0.2, 0.25) is 0 Å². The lowest BCUT2D eigenvalue weighted by atomic mass is 10.0. The monoisotopic (exact) mass is 472 g/mol. The van der Waals surface area contributed by atoms with Crippen LogP contribution >= 0.6 is 0 Å². The van der Waals surface area contributed by atoms with E-state index in [2.05, 4.69) is 4.98 Å². The van der Waals surface area contributed by atoms with E-state index in [4.69, 9.17) is 10.00 Å². The second-order valence-electron chi connectivity index (χ2n) is 7.65. The number of nitriles is 1. The van der Waals surface area contributed by atoms with Gasteiger partial charge >= 0.3 is 12.4 Å². The SMILES string of the molecule is CCN(c1ccc(C#N)c(C(F)(F)F)c1)[C@@H]1CCCN(c2cncc(OCC(F)(F)F)c2)C1. The van der Waals surface area contributed by atoms with Gasteiger partial charge in [0.1, 0.15) is 5.75 Å². The Balaban J connectivity index is 1.80. The van der Waals surface area contributed by atoms with Gasteiger partial charge in [-0.2, -0.15) is 31.6 Å². The molecule has 1 aromatic carbocycles. The van der Waals surface area contributed by atoms with Crippen molar-refractivity contribution in [2.75, 3.05) is 36.0 Å². The highest BCUT2D eigenvalue weighted by molar-refractivity contribution is 5.56. The molecule has 0 bridgehead atoms. The Kier molecular flexibility index (Phi) is 7.25. The number of piperidine rings is 1. The number of nitrogens with zero attached hydrogens (tertiary/aromatic N) is 4. The smallest absolute Gasteiger partial charge is 0.422 e. The zero-order valence-electron chi connectivity index (χ0n) is 17.7. The third-order valence-electron chi connectivity index (χ3n) is 5.40. The van der Waals surface area contributed by atoms with Gasteiger partial charge < -0.3 is 14.5 Å². The standard InChI is InChI=1S/C22H22F6N4O/c1-2-32(16-6-5-15(10-29)20(9-16)22(26,27)28)17-4-3-7-31(13-17)18-8-19(12-30-11-18)33-14-21(23,24)25/h5-6,8-9,11-12,17H,2-4,7,13-14H2,1H3/t17-/m1/s1. The highest BCUT2D eigenvalue weighted by Gasteiger charge is 2.35. The molecular weight excluding hydrogens is 450 g/mol. The average molecular weight is 472 g/mol. The van der Waals surface area contributed by atoms with Gasteiger partial charge in [-0.1, -0.05) is 0 Å². The lowest BCUT2D eigenvalue weighted by Crippen LogP contribution is -2.48. The molecule has 11 heteroatoms. The Morgan fingerprint density at radius 3 is 2.58 bits per heavy atom. The summed E-state index contributed by atoms with van der Waals surface area (Å²) >= 11 is 0. The zero-order valence-corrected chi connectivity index (χ0v) is 17.7. The van der Waals surface area contributed by atoms with Crippen LogP contribution in [0.3, 0.4) is 0 Å². The van der Waals surface area contributed by atoms with E-state index in [1.807, 2.05) is 16.7 Å². The molecule has 0 spiro atoms. The summed E-state index contributed by atoms with van der Waals surface area (Å²) in [5, 5.41) is 9.03. The second-order valence-corrected chi connectivity index (χ2v) is 7.65. The molecule has 5 nitrogen and oxygen atoms in total. The van der Waals surface area contributed by atoms with Crippen molar-refractivity contribution in [1.29, 1.82) is 5.26 Å². The van der Waals surface area contributed by atoms with Gasteiger partial charge in [0.05, 0.1) is 35.3 Å². The number of rotatable bonds is 6. The van der Waals surface area contributed by atoms with Gasteiger partial charge in [-0.15, -0.1) is 0 Å². The largest absolute Gasteiger partial charge is 0.482 e. The minimum absolute atomic E-state index is 0.0128. The fourth-order valence-corrected chi connectivity index (χ4v) is 3.96. The van der Waals surface area contributed by atoms with Crippen molar-refractivity contribution >= 4 is 11.4 Å². The van der Waals surface area contributed by atoms with Crippen LogP contribution in [0, 0.1) is 11.3 Å². The van der Waals surface area contributed by atoms with E-state index < -0.39 is 30.1 Å².